The summed E-state index contributed by atoms with van der Waals surface area (Å²) in [6, 6.07) is 1.92. The van der Waals surface area contributed by atoms with Gasteiger partial charge in [-0.3, -0.25) is 4.98 Å². The molecule has 2 aromatic heterocycles. The van der Waals surface area contributed by atoms with Crippen LogP contribution in [0.2, 0.25) is 0 Å². The lowest BCUT2D eigenvalue weighted by atomic mass is 9.95. The van der Waals surface area contributed by atoms with Crippen molar-refractivity contribution in [2.75, 3.05) is 0 Å². The van der Waals surface area contributed by atoms with Gasteiger partial charge in [-0.2, -0.15) is 0 Å². The van der Waals surface area contributed by atoms with Gasteiger partial charge in [-0.1, -0.05) is 19.8 Å². The molecule has 0 saturated heterocycles. The van der Waals surface area contributed by atoms with Crippen LogP contribution in [0, 0.1) is 25.2 Å². The number of rotatable bonds is 0. The van der Waals surface area contributed by atoms with Gasteiger partial charge in [-0.05, 0) is 45.1 Å². The Balaban J connectivity index is 0.000000141. The highest BCUT2D eigenvalue weighted by molar-refractivity contribution is 5.79. The maximum Gasteiger partial charge on any atom is 0.254 e. The number of halogens is 2. The van der Waals surface area contributed by atoms with Gasteiger partial charge in [-0.15, -0.1) is 0 Å². The van der Waals surface area contributed by atoms with Gasteiger partial charge in [0.05, 0.1) is 11.2 Å². The van der Waals surface area contributed by atoms with Crippen molar-refractivity contribution in [3.8, 4) is 0 Å². The van der Waals surface area contributed by atoms with E-state index in [1.807, 2.05) is 26.1 Å². The predicted molar refractivity (Wildman–Crippen MR) is 91.1 cm³/mol. The number of fused-ring (bicyclic) bond motifs is 1. The average Bonchev–Trinajstić information content (AvgIpc) is 3.14. The summed E-state index contributed by atoms with van der Waals surface area (Å²) in [5, 5.41) is 1.05. The molecule has 2 aliphatic rings. The Labute approximate surface area is 141 Å². The van der Waals surface area contributed by atoms with E-state index in [-0.39, 0.29) is 6.42 Å². The molecular formula is C19H25F2N3. The fourth-order valence-corrected chi connectivity index (χ4v) is 3.69. The van der Waals surface area contributed by atoms with E-state index in [0.29, 0.717) is 5.92 Å². The fourth-order valence-electron chi connectivity index (χ4n) is 3.69. The van der Waals surface area contributed by atoms with Crippen LogP contribution in [0.5, 0.6) is 0 Å². The highest BCUT2D eigenvalue weighted by Crippen LogP contribution is 2.67. The Morgan fingerprint density at radius 1 is 1.12 bits per heavy atom. The average molecular weight is 333 g/mol. The first-order valence-electron chi connectivity index (χ1n) is 8.76. The fraction of sp³-hybridized carbons (Fsp3) is 0.632. The summed E-state index contributed by atoms with van der Waals surface area (Å²) in [6.07, 6.45) is 8.48. The normalized spacial score (nSPS) is 28.1. The van der Waals surface area contributed by atoms with Gasteiger partial charge in [0, 0.05) is 29.6 Å². The lowest BCUT2D eigenvalue weighted by molar-refractivity contribution is 0.0572. The number of nitrogens with zero attached hydrogens (tertiary/aromatic N) is 3. The van der Waals surface area contributed by atoms with Gasteiger partial charge in [0.1, 0.15) is 5.82 Å². The van der Waals surface area contributed by atoms with Crippen molar-refractivity contribution in [2.24, 2.45) is 11.3 Å². The second-order valence-corrected chi connectivity index (χ2v) is 7.45. The zero-order valence-electron chi connectivity index (χ0n) is 14.6. The van der Waals surface area contributed by atoms with Crippen LogP contribution in [0.4, 0.5) is 8.78 Å². The largest absolute Gasteiger partial charge is 0.259 e. The highest BCUT2D eigenvalue weighted by atomic mass is 19.3. The van der Waals surface area contributed by atoms with E-state index in [1.54, 1.807) is 6.20 Å². The number of hydrogen-bond donors (Lipinski definition) is 0. The Kier molecular flexibility index (Phi) is 4.54. The maximum absolute atomic E-state index is 13.0. The first kappa shape index (κ1) is 17.2. The van der Waals surface area contributed by atoms with Crippen LogP contribution in [-0.4, -0.2) is 20.9 Å². The molecule has 0 bridgehead atoms. The maximum atomic E-state index is 13.0. The molecule has 2 saturated carbocycles. The third-order valence-electron chi connectivity index (χ3n) is 5.48. The monoisotopic (exact) mass is 333 g/mol. The molecule has 0 radical (unpaired) electrons. The summed E-state index contributed by atoms with van der Waals surface area (Å²) in [5.74, 6) is -0.851. The third-order valence-corrected chi connectivity index (χ3v) is 5.48. The number of pyridine rings is 1. The van der Waals surface area contributed by atoms with Crippen molar-refractivity contribution in [3.63, 3.8) is 0 Å². The quantitative estimate of drug-likeness (QED) is 0.660. The summed E-state index contributed by atoms with van der Waals surface area (Å²) in [7, 11) is 0. The molecule has 2 aliphatic carbocycles. The molecule has 130 valence electrons. The van der Waals surface area contributed by atoms with Crippen LogP contribution in [0.15, 0.2) is 18.5 Å². The summed E-state index contributed by atoms with van der Waals surface area (Å²) in [4.78, 5) is 12.6. The molecule has 4 rings (SSSR count). The number of aromatic nitrogens is 3. The lowest BCUT2D eigenvalue weighted by Gasteiger charge is -2.11. The lowest BCUT2D eigenvalue weighted by Crippen LogP contribution is -2.09. The first-order chi connectivity index (χ1) is 11.3. The minimum Gasteiger partial charge on any atom is -0.259 e. The summed E-state index contributed by atoms with van der Waals surface area (Å²) in [6.45, 7) is 6.01. The van der Waals surface area contributed by atoms with Crippen molar-refractivity contribution >= 4 is 10.9 Å². The van der Waals surface area contributed by atoms with Gasteiger partial charge in [0.25, 0.3) is 5.92 Å². The third kappa shape index (κ3) is 3.40. The van der Waals surface area contributed by atoms with Gasteiger partial charge < -0.3 is 0 Å². The van der Waals surface area contributed by atoms with Crippen LogP contribution in [0.3, 0.4) is 0 Å². The van der Waals surface area contributed by atoms with Crippen LogP contribution >= 0.6 is 0 Å². The number of alkyl halides is 2. The van der Waals surface area contributed by atoms with E-state index >= 15 is 0 Å². The molecule has 2 atom stereocenters. The van der Waals surface area contributed by atoms with Gasteiger partial charge >= 0.3 is 0 Å². The first-order valence-corrected chi connectivity index (χ1v) is 8.76. The molecule has 0 aromatic carbocycles. The van der Waals surface area contributed by atoms with E-state index in [2.05, 4.69) is 21.9 Å². The van der Waals surface area contributed by atoms with Crippen LogP contribution < -0.4 is 0 Å². The van der Waals surface area contributed by atoms with Crippen molar-refractivity contribution < 1.29 is 8.78 Å². The number of aryl methyl sites for hydroxylation is 2. The highest BCUT2D eigenvalue weighted by Gasteiger charge is 2.69. The van der Waals surface area contributed by atoms with Crippen LogP contribution in [0.1, 0.15) is 57.0 Å². The molecule has 2 heterocycles. The zero-order chi connectivity index (χ0) is 17.4. The van der Waals surface area contributed by atoms with E-state index in [4.69, 9.17) is 0 Å². The number of hydrogen-bond acceptors (Lipinski definition) is 3. The van der Waals surface area contributed by atoms with Crippen molar-refractivity contribution in [2.45, 2.75) is 65.2 Å². The summed E-state index contributed by atoms with van der Waals surface area (Å²) in [5.41, 5.74) is 1.36. The Morgan fingerprint density at radius 2 is 1.88 bits per heavy atom. The Hall–Kier alpha value is -1.65. The predicted octanol–water partition coefficient (Wildman–Crippen LogP) is 5.25. The molecule has 2 aromatic rings. The zero-order valence-corrected chi connectivity index (χ0v) is 14.6. The smallest absolute Gasteiger partial charge is 0.254 e. The molecule has 5 heteroatoms. The van der Waals surface area contributed by atoms with E-state index < -0.39 is 11.3 Å². The van der Waals surface area contributed by atoms with Gasteiger partial charge in [-0.25, -0.2) is 18.7 Å². The van der Waals surface area contributed by atoms with E-state index in [9.17, 15) is 8.78 Å². The standard InChI is InChI=1S/C10H16F2.C9H9N3/c1-8-3-2-5-9(6-4-8)7-10(9,11)12;1-6-9-8(3-4-10-6)5-11-7(2)12-9/h8H,2-7H2,1H3;3-5H,1-2H3. The minimum atomic E-state index is -2.31. The van der Waals surface area contributed by atoms with Crippen molar-refractivity contribution in [1.29, 1.82) is 0 Å². The molecule has 2 fully saturated rings. The molecule has 24 heavy (non-hydrogen) atoms. The second-order valence-electron chi connectivity index (χ2n) is 7.45. The Morgan fingerprint density at radius 3 is 2.58 bits per heavy atom. The second kappa shape index (κ2) is 6.34. The van der Waals surface area contributed by atoms with Gasteiger partial charge in [0.2, 0.25) is 0 Å². The molecular weight excluding hydrogens is 308 g/mol. The van der Waals surface area contributed by atoms with E-state index in [1.165, 1.54) is 0 Å². The van der Waals surface area contributed by atoms with Crippen LogP contribution in [-0.2, 0) is 0 Å². The SMILES string of the molecule is CC1CCCC2(CC1)CC2(F)F.Cc1ncc2ccnc(C)c2n1. The molecule has 0 aliphatic heterocycles. The van der Waals surface area contributed by atoms with Crippen LogP contribution in [0.25, 0.3) is 10.9 Å². The topological polar surface area (TPSA) is 38.7 Å². The summed E-state index contributed by atoms with van der Waals surface area (Å²) < 4.78 is 26.0. The molecule has 3 nitrogen and oxygen atoms in total. The minimum absolute atomic E-state index is 0.173. The molecule has 1 spiro atoms. The molecule has 0 N–H and O–H groups in total. The van der Waals surface area contributed by atoms with Gasteiger partial charge in [0.15, 0.2) is 0 Å². The van der Waals surface area contributed by atoms with Crippen molar-refractivity contribution in [3.05, 3.63) is 30.0 Å². The Bertz CT molecular complexity index is 732. The van der Waals surface area contributed by atoms with E-state index in [0.717, 1.165) is 54.5 Å². The molecule has 0 amide bonds. The molecule has 2 unspecified atom stereocenters. The van der Waals surface area contributed by atoms with Crippen molar-refractivity contribution in [1.82, 2.24) is 15.0 Å². The summed E-state index contributed by atoms with van der Waals surface area (Å²) >= 11 is 0.